The van der Waals surface area contributed by atoms with Gasteiger partial charge in [0.05, 0.1) is 5.69 Å². The minimum Gasteiger partial charge on any atom is -0.227 e. The molecule has 0 radical (unpaired) electrons. The van der Waals surface area contributed by atoms with E-state index < -0.39 is 0 Å². The SMILES string of the molecule is Cc1ccc(/C=N/c2nc(-c3ccccc3)cs2)cc1. The molecule has 0 spiro atoms. The number of aromatic nitrogens is 1. The molecule has 0 aliphatic rings. The summed E-state index contributed by atoms with van der Waals surface area (Å²) in [6.45, 7) is 2.08. The van der Waals surface area contributed by atoms with Gasteiger partial charge < -0.3 is 0 Å². The summed E-state index contributed by atoms with van der Waals surface area (Å²) >= 11 is 1.56. The van der Waals surface area contributed by atoms with Crippen LogP contribution in [0.5, 0.6) is 0 Å². The Kier molecular flexibility index (Phi) is 3.70. The lowest BCUT2D eigenvalue weighted by Gasteiger charge is -1.94. The van der Waals surface area contributed by atoms with E-state index in [-0.39, 0.29) is 0 Å². The summed E-state index contributed by atoms with van der Waals surface area (Å²) in [5.41, 5.74) is 4.45. The van der Waals surface area contributed by atoms with Crippen molar-refractivity contribution in [1.82, 2.24) is 4.98 Å². The fourth-order valence-corrected chi connectivity index (χ4v) is 2.52. The number of hydrogen-bond donors (Lipinski definition) is 0. The third kappa shape index (κ3) is 3.00. The lowest BCUT2D eigenvalue weighted by atomic mass is 10.2. The van der Waals surface area contributed by atoms with E-state index >= 15 is 0 Å². The minimum absolute atomic E-state index is 0.782. The van der Waals surface area contributed by atoms with Gasteiger partial charge in [-0.15, -0.1) is 11.3 Å². The molecule has 0 fully saturated rings. The van der Waals surface area contributed by atoms with Gasteiger partial charge in [0.15, 0.2) is 0 Å². The zero-order valence-corrected chi connectivity index (χ0v) is 12.0. The third-order valence-corrected chi connectivity index (χ3v) is 3.71. The van der Waals surface area contributed by atoms with Gasteiger partial charge in [0.25, 0.3) is 0 Å². The first kappa shape index (κ1) is 12.8. The highest BCUT2D eigenvalue weighted by atomic mass is 32.1. The highest BCUT2D eigenvalue weighted by molar-refractivity contribution is 7.13. The molecule has 0 atom stereocenters. The van der Waals surface area contributed by atoms with Gasteiger partial charge in [-0.05, 0) is 12.5 Å². The standard InChI is InChI=1S/C17H14N2S/c1-13-7-9-14(10-8-13)11-18-17-19-16(12-20-17)15-5-3-2-4-6-15/h2-12H,1H3/b18-11+. The van der Waals surface area contributed by atoms with Gasteiger partial charge in [-0.1, -0.05) is 60.2 Å². The van der Waals surface area contributed by atoms with Crippen LogP contribution in [0, 0.1) is 6.92 Å². The average Bonchev–Trinajstić information content (AvgIpc) is 2.97. The van der Waals surface area contributed by atoms with Crippen molar-refractivity contribution in [1.29, 1.82) is 0 Å². The van der Waals surface area contributed by atoms with Crippen molar-refractivity contribution in [2.24, 2.45) is 4.99 Å². The van der Waals surface area contributed by atoms with Crippen molar-refractivity contribution >= 4 is 22.7 Å². The molecule has 0 aliphatic carbocycles. The smallest absolute Gasteiger partial charge is 0.209 e. The van der Waals surface area contributed by atoms with Gasteiger partial charge in [0.1, 0.15) is 0 Å². The number of nitrogens with zero attached hydrogens (tertiary/aromatic N) is 2. The Morgan fingerprint density at radius 2 is 1.75 bits per heavy atom. The van der Waals surface area contributed by atoms with Crippen LogP contribution in [-0.2, 0) is 0 Å². The lowest BCUT2D eigenvalue weighted by molar-refractivity contribution is 1.36. The van der Waals surface area contributed by atoms with Crippen LogP contribution >= 0.6 is 11.3 Å². The van der Waals surface area contributed by atoms with Crippen LogP contribution in [0.15, 0.2) is 65.0 Å². The van der Waals surface area contributed by atoms with E-state index in [1.807, 2.05) is 29.8 Å². The van der Waals surface area contributed by atoms with Gasteiger partial charge in [-0.2, -0.15) is 0 Å². The molecule has 2 nitrogen and oxygen atoms in total. The van der Waals surface area contributed by atoms with Crippen molar-refractivity contribution in [2.75, 3.05) is 0 Å². The highest BCUT2D eigenvalue weighted by Gasteiger charge is 2.02. The molecule has 3 heteroatoms. The summed E-state index contributed by atoms with van der Waals surface area (Å²) in [5, 5.41) is 2.82. The topological polar surface area (TPSA) is 25.2 Å². The third-order valence-electron chi connectivity index (χ3n) is 2.96. The Morgan fingerprint density at radius 1 is 1.00 bits per heavy atom. The van der Waals surface area contributed by atoms with Crippen LogP contribution < -0.4 is 0 Å². The van der Waals surface area contributed by atoms with Crippen LogP contribution in [-0.4, -0.2) is 11.2 Å². The summed E-state index contributed by atoms with van der Waals surface area (Å²) < 4.78 is 0. The molecule has 2 aromatic carbocycles. The van der Waals surface area contributed by atoms with E-state index in [2.05, 4.69) is 53.3 Å². The first-order valence-corrected chi connectivity index (χ1v) is 7.31. The van der Waals surface area contributed by atoms with Crippen LogP contribution in [0.4, 0.5) is 5.13 Å². The van der Waals surface area contributed by atoms with E-state index in [9.17, 15) is 0 Å². The molecule has 0 amide bonds. The number of benzene rings is 2. The normalized spacial score (nSPS) is 11.1. The van der Waals surface area contributed by atoms with Crippen LogP contribution in [0.3, 0.4) is 0 Å². The van der Waals surface area contributed by atoms with Gasteiger partial charge in [0, 0.05) is 17.2 Å². The maximum Gasteiger partial charge on any atom is 0.209 e. The molecule has 0 aliphatic heterocycles. The van der Waals surface area contributed by atoms with Crippen LogP contribution in [0.1, 0.15) is 11.1 Å². The van der Waals surface area contributed by atoms with Crippen molar-refractivity contribution in [3.63, 3.8) is 0 Å². The molecule has 0 saturated heterocycles. The largest absolute Gasteiger partial charge is 0.227 e. The first-order chi connectivity index (χ1) is 9.81. The zero-order valence-electron chi connectivity index (χ0n) is 11.2. The summed E-state index contributed by atoms with van der Waals surface area (Å²) in [6, 6.07) is 18.4. The molecule has 1 heterocycles. The van der Waals surface area contributed by atoms with E-state index in [0.29, 0.717) is 0 Å². The molecule has 20 heavy (non-hydrogen) atoms. The fourth-order valence-electron chi connectivity index (χ4n) is 1.85. The summed E-state index contributed by atoms with van der Waals surface area (Å²) in [7, 11) is 0. The molecule has 98 valence electrons. The summed E-state index contributed by atoms with van der Waals surface area (Å²) in [5.74, 6) is 0. The molecule has 1 aromatic heterocycles. The Bertz CT molecular complexity index is 712. The number of thiazole rings is 1. The molecule has 0 saturated carbocycles. The van der Waals surface area contributed by atoms with Crippen molar-refractivity contribution in [3.05, 3.63) is 71.1 Å². The average molecular weight is 278 g/mol. The molecule has 0 N–H and O–H groups in total. The molecule has 3 aromatic rings. The van der Waals surface area contributed by atoms with Gasteiger partial charge in [-0.25, -0.2) is 9.98 Å². The molecule has 0 bridgehead atoms. The van der Waals surface area contributed by atoms with E-state index in [1.54, 1.807) is 11.3 Å². The molecular weight excluding hydrogens is 264 g/mol. The first-order valence-electron chi connectivity index (χ1n) is 6.43. The van der Waals surface area contributed by atoms with Crippen molar-refractivity contribution in [2.45, 2.75) is 6.92 Å². The molecular formula is C17H14N2S. The van der Waals surface area contributed by atoms with Gasteiger partial charge in [0.2, 0.25) is 5.13 Å². The second-order valence-electron chi connectivity index (χ2n) is 4.55. The van der Waals surface area contributed by atoms with E-state index in [4.69, 9.17) is 0 Å². The fraction of sp³-hybridized carbons (Fsp3) is 0.0588. The summed E-state index contributed by atoms with van der Waals surface area (Å²) in [4.78, 5) is 8.97. The Hall–Kier alpha value is -2.26. The number of aryl methyl sites for hydroxylation is 1. The number of rotatable bonds is 3. The van der Waals surface area contributed by atoms with Crippen molar-refractivity contribution in [3.8, 4) is 11.3 Å². The molecule has 3 rings (SSSR count). The van der Waals surface area contributed by atoms with Gasteiger partial charge >= 0.3 is 0 Å². The highest BCUT2D eigenvalue weighted by Crippen LogP contribution is 2.26. The van der Waals surface area contributed by atoms with Gasteiger partial charge in [-0.3, -0.25) is 0 Å². The maximum absolute atomic E-state index is 4.53. The Balaban J connectivity index is 1.79. The Morgan fingerprint density at radius 3 is 2.50 bits per heavy atom. The van der Waals surface area contributed by atoms with Crippen molar-refractivity contribution < 1.29 is 0 Å². The second kappa shape index (κ2) is 5.80. The predicted octanol–water partition coefficient (Wildman–Crippen LogP) is 4.87. The van der Waals surface area contributed by atoms with Crippen LogP contribution in [0.25, 0.3) is 11.3 Å². The predicted molar refractivity (Wildman–Crippen MR) is 86.0 cm³/mol. The summed E-state index contributed by atoms with van der Waals surface area (Å²) in [6.07, 6.45) is 1.85. The Labute approximate surface area is 122 Å². The number of hydrogen-bond acceptors (Lipinski definition) is 3. The maximum atomic E-state index is 4.53. The zero-order chi connectivity index (χ0) is 13.8. The molecule has 0 unspecified atom stereocenters. The number of aliphatic imine (C=N–C) groups is 1. The lowest BCUT2D eigenvalue weighted by Crippen LogP contribution is -1.80. The van der Waals surface area contributed by atoms with E-state index in [0.717, 1.165) is 22.0 Å². The minimum atomic E-state index is 0.782. The quantitative estimate of drug-likeness (QED) is 0.627. The second-order valence-corrected chi connectivity index (χ2v) is 5.39. The van der Waals surface area contributed by atoms with E-state index in [1.165, 1.54) is 5.56 Å². The monoisotopic (exact) mass is 278 g/mol. The van der Waals surface area contributed by atoms with Crippen LogP contribution in [0.2, 0.25) is 0 Å².